The summed E-state index contributed by atoms with van der Waals surface area (Å²) in [4.78, 5) is 0. The van der Waals surface area contributed by atoms with Gasteiger partial charge in [0, 0.05) is 13.2 Å². The zero-order valence-corrected chi connectivity index (χ0v) is 10.7. The summed E-state index contributed by atoms with van der Waals surface area (Å²) >= 11 is 0. The molecule has 0 bridgehead atoms. The molecule has 0 heterocycles. The van der Waals surface area contributed by atoms with Gasteiger partial charge in [-0.2, -0.15) is 0 Å². The first kappa shape index (κ1) is 14.9. The van der Waals surface area contributed by atoms with E-state index in [0.717, 1.165) is 12.5 Å². The summed E-state index contributed by atoms with van der Waals surface area (Å²) in [5.41, 5.74) is 0. The monoisotopic (exact) mass is 217 g/mol. The highest BCUT2D eigenvalue weighted by Crippen LogP contribution is 2.14. The standard InChI is InChI=1S/C12H27NO2/c1-5-11(6-2)9-12(13-3)10-15-8-7-14-4/h11-13H,5-10H2,1-4H3. The summed E-state index contributed by atoms with van der Waals surface area (Å²) in [6.45, 7) is 6.68. The molecular formula is C12H27NO2. The summed E-state index contributed by atoms with van der Waals surface area (Å²) in [7, 11) is 3.70. The predicted molar refractivity (Wildman–Crippen MR) is 64.2 cm³/mol. The van der Waals surface area contributed by atoms with Crippen molar-refractivity contribution in [2.45, 2.75) is 39.2 Å². The van der Waals surface area contributed by atoms with Crippen LogP contribution in [0.15, 0.2) is 0 Å². The molecule has 1 N–H and O–H groups in total. The van der Waals surface area contributed by atoms with E-state index < -0.39 is 0 Å². The molecular weight excluding hydrogens is 190 g/mol. The second kappa shape index (κ2) is 10.4. The van der Waals surface area contributed by atoms with Crippen molar-refractivity contribution >= 4 is 0 Å². The molecule has 0 fully saturated rings. The lowest BCUT2D eigenvalue weighted by Crippen LogP contribution is -2.32. The Morgan fingerprint density at radius 2 is 1.80 bits per heavy atom. The van der Waals surface area contributed by atoms with E-state index in [0.29, 0.717) is 19.3 Å². The zero-order chi connectivity index (χ0) is 11.5. The molecule has 0 rings (SSSR count). The molecule has 0 saturated carbocycles. The van der Waals surface area contributed by atoms with Gasteiger partial charge < -0.3 is 14.8 Å². The second-order valence-corrected chi connectivity index (χ2v) is 3.97. The highest BCUT2D eigenvalue weighted by atomic mass is 16.5. The van der Waals surface area contributed by atoms with E-state index in [2.05, 4.69) is 19.2 Å². The fourth-order valence-corrected chi connectivity index (χ4v) is 1.66. The van der Waals surface area contributed by atoms with Crippen LogP contribution in [-0.2, 0) is 9.47 Å². The normalized spacial score (nSPS) is 13.4. The largest absolute Gasteiger partial charge is 0.382 e. The molecule has 0 aromatic heterocycles. The van der Waals surface area contributed by atoms with Crippen molar-refractivity contribution in [3.8, 4) is 0 Å². The maximum Gasteiger partial charge on any atom is 0.0701 e. The first-order valence-electron chi connectivity index (χ1n) is 6.02. The Morgan fingerprint density at radius 1 is 1.13 bits per heavy atom. The predicted octanol–water partition coefficient (Wildman–Crippen LogP) is 2.06. The van der Waals surface area contributed by atoms with E-state index >= 15 is 0 Å². The molecule has 0 spiro atoms. The third-order valence-corrected chi connectivity index (χ3v) is 2.93. The number of rotatable bonds is 10. The molecule has 0 saturated heterocycles. The number of hydrogen-bond donors (Lipinski definition) is 1. The molecule has 92 valence electrons. The SMILES string of the molecule is CCC(CC)CC(COCCOC)NC. The third kappa shape index (κ3) is 7.77. The smallest absolute Gasteiger partial charge is 0.0701 e. The molecule has 3 heteroatoms. The van der Waals surface area contributed by atoms with E-state index in [4.69, 9.17) is 9.47 Å². The van der Waals surface area contributed by atoms with Gasteiger partial charge in [0.1, 0.15) is 0 Å². The van der Waals surface area contributed by atoms with Crippen molar-refractivity contribution in [1.82, 2.24) is 5.32 Å². The quantitative estimate of drug-likeness (QED) is 0.568. The van der Waals surface area contributed by atoms with Crippen LogP contribution >= 0.6 is 0 Å². The van der Waals surface area contributed by atoms with Gasteiger partial charge in [0.15, 0.2) is 0 Å². The molecule has 1 unspecified atom stereocenters. The van der Waals surface area contributed by atoms with E-state index in [1.807, 2.05) is 7.05 Å². The topological polar surface area (TPSA) is 30.5 Å². The number of methoxy groups -OCH3 is 1. The molecule has 0 aromatic rings. The van der Waals surface area contributed by atoms with Crippen molar-refractivity contribution < 1.29 is 9.47 Å². The molecule has 0 aliphatic heterocycles. The molecule has 15 heavy (non-hydrogen) atoms. The Bertz CT molecular complexity index is 127. The second-order valence-electron chi connectivity index (χ2n) is 3.97. The summed E-state index contributed by atoms with van der Waals surface area (Å²) in [6, 6.07) is 0.478. The van der Waals surface area contributed by atoms with Crippen molar-refractivity contribution in [1.29, 1.82) is 0 Å². The Hall–Kier alpha value is -0.120. The van der Waals surface area contributed by atoms with Gasteiger partial charge in [-0.05, 0) is 19.4 Å². The maximum absolute atomic E-state index is 5.53. The van der Waals surface area contributed by atoms with Crippen LogP contribution in [0.25, 0.3) is 0 Å². The van der Waals surface area contributed by atoms with Crippen LogP contribution in [0.2, 0.25) is 0 Å². The van der Waals surface area contributed by atoms with Crippen molar-refractivity contribution in [3.63, 3.8) is 0 Å². The molecule has 0 aliphatic carbocycles. The van der Waals surface area contributed by atoms with Gasteiger partial charge in [-0.1, -0.05) is 26.7 Å². The van der Waals surface area contributed by atoms with E-state index in [-0.39, 0.29) is 0 Å². The number of likely N-dealkylation sites (N-methyl/N-ethyl adjacent to an activating group) is 1. The molecule has 3 nitrogen and oxygen atoms in total. The van der Waals surface area contributed by atoms with E-state index in [1.54, 1.807) is 7.11 Å². The summed E-state index contributed by atoms with van der Waals surface area (Å²) in [5, 5.41) is 3.31. The first-order chi connectivity index (χ1) is 7.28. The van der Waals surface area contributed by atoms with Gasteiger partial charge in [-0.15, -0.1) is 0 Å². The van der Waals surface area contributed by atoms with Crippen molar-refractivity contribution in [3.05, 3.63) is 0 Å². The minimum Gasteiger partial charge on any atom is -0.382 e. The lowest BCUT2D eigenvalue weighted by atomic mass is 9.95. The van der Waals surface area contributed by atoms with E-state index in [9.17, 15) is 0 Å². The van der Waals surface area contributed by atoms with Gasteiger partial charge in [0.2, 0.25) is 0 Å². The third-order valence-electron chi connectivity index (χ3n) is 2.93. The Balaban J connectivity index is 3.61. The maximum atomic E-state index is 5.53. The number of hydrogen-bond acceptors (Lipinski definition) is 3. The molecule has 0 aliphatic rings. The van der Waals surface area contributed by atoms with Crippen LogP contribution in [0.1, 0.15) is 33.1 Å². The Labute approximate surface area is 94.5 Å². The number of ether oxygens (including phenoxy) is 2. The average Bonchev–Trinajstić information content (AvgIpc) is 2.28. The van der Waals surface area contributed by atoms with Crippen LogP contribution < -0.4 is 5.32 Å². The van der Waals surface area contributed by atoms with Gasteiger partial charge in [-0.3, -0.25) is 0 Å². The zero-order valence-electron chi connectivity index (χ0n) is 10.7. The minimum atomic E-state index is 0.478. The highest BCUT2D eigenvalue weighted by molar-refractivity contribution is 4.68. The van der Waals surface area contributed by atoms with Crippen LogP contribution in [0.4, 0.5) is 0 Å². The molecule has 0 amide bonds. The van der Waals surface area contributed by atoms with E-state index in [1.165, 1.54) is 19.3 Å². The number of nitrogens with one attached hydrogen (secondary N) is 1. The van der Waals surface area contributed by atoms with Gasteiger partial charge in [-0.25, -0.2) is 0 Å². The van der Waals surface area contributed by atoms with Gasteiger partial charge in [0.05, 0.1) is 19.8 Å². The first-order valence-corrected chi connectivity index (χ1v) is 6.02. The Morgan fingerprint density at radius 3 is 2.27 bits per heavy atom. The minimum absolute atomic E-state index is 0.478. The average molecular weight is 217 g/mol. The van der Waals surface area contributed by atoms with Gasteiger partial charge >= 0.3 is 0 Å². The lowest BCUT2D eigenvalue weighted by molar-refractivity contribution is 0.0559. The fraction of sp³-hybridized carbons (Fsp3) is 1.00. The molecule has 1 atom stereocenters. The highest BCUT2D eigenvalue weighted by Gasteiger charge is 2.12. The van der Waals surface area contributed by atoms with Crippen molar-refractivity contribution in [2.24, 2.45) is 5.92 Å². The summed E-state index contributed by atoms with van der Waals surface area (Å²) in [6.07, 6.45) is 3.72. The summed E-state index contributed by atoms with van der Waals surface area (Å²) in [5.74, 6) is 0.813. The van der Waals surface area contributed by atoms with Crippen LogP contribution in [0.3, 0.4) is 0 Å². The van der Waals surface area contributed by atoms with Crippen molar-refractivity contribution in [2.75, 3.05) is 34.0 Å². The molecule has 0 radical (unpaired) electrons. The van der Waals surface area contributed by atoms with Crippen LogP contribution in [0.5, 0.6) is 0 Å². The van der Waals surface area contributed by atoms with Crippen LogP contribution in [-0.4, -0.2) is 40.0 Å². The van der Waals surface area contributed by atoms with Crippen LogP contribution in [0, 0.1) is 5.92 Å². The van der Waals surface area contributed by atoms with Gasteiger partial charge in [0.25, 0.3) is 0 Å². The lowest BCUT2D eigenvalue weighted by Gasteiger charge is -2.21. The molecule has 0 aromatic carbocycles. The fourth-order valence-electron chi connectivity index (χ4n) is 1.66. The Kier molecular flexibility index (Phi) is 10.3. The summed E-state index contributed by atoms with van der Waals surface area (Å²) < 4.78 is 10.5.